The highest BCUT2D eigenvalue weighted by Gasteiger charge is 2.35. The van der Waals surface area contributed by atoms with Crippen LogP contribution < -0.4 is 15.0 Å². The van der Waals surface area contributed by atoms with Crippen molar-refractivity contribution in [2.24, 2.45) is 5.92 Å². The molecule has 2 aliphatic rings. The highest BCUT2D eigenvalue weighted by Crippen LogP contribution is 2.33. The lowest BCUT2D eigenvalue weighted by Crippen LogP contribution is -2.49. The topological polar surface area (TPSA) is 70.6 Å². The number of carbonyl (C=O) groups is 1. The van der Waals surface area contributed by atoms with Gasteiger partial charge in [-0.05, 0) is 24.5 Å². The zero-order valence-corrected chi connectivity index (χ0v) is 18.7. The van der Waals surface area contributed by atoms with E-state index in [9.17, 15) is 18.0 Å². The fourth-order valence-corrected chi connectivity index (χ4v) is 4.04. The number of carbonyl (C=O) groups excluding carboxylic acids is 1. The molecule has 1 saturated carbocycles. The average Bonchev–Trinajstić information content (AvgIpc) is 3.63. The first-order valence-electron chi connectivity index (χ1n) is 10.8. The van der Waals surface area contributed by atoms with Crippen molar-refractivity contribution in [3.05, 3.63) is 47.5 Å². The maximum atomic E-state index is 13.3. The molecule has 1 amide bonds. The number of thiocarbonyl (C=S) groups is 1. The second-order valence-electron chi connectivity index (χ2n) is 8.10. The van der Waals surface area contributed by atoms with Crippen LogP contribution in [0.1, 0.15) is 30.4 Å². The van der Waals surface area contributed by atoms with Gasteiger partial charge in [-0.3, -0.25) is 0 Å². The van der Waals surface area contributed by atoms with Gasteiger partial charge in [0.15, 0.2) is 5.82 Å². The van der Waals surface area contributed by atoms with Gasteiger partial charge in [0.05, 0.1) is 5.56 Å². The van der Waals surface area contributed by atoms with E-state index in [1.54, 1.807) is 23.1 Å². The van der Waals surface area contributed by atoms with Gasteiger partial charge < -0.3 is 19.9 Å². The fraction of sp³-hybridized carbons (Fsp3) is 0.455. The molecule has 1 aliphatic carbocycles. The Balaban J connectivity index is 1.29. The lowest BCUT2D eigenvalue weighted by atomic mass is 10.1. The molecule has 1 N–H and O–H groups in total. The maximum Gasteiger partial charge on any atom is 0.417 e. The number of hydrogen-bond donors (Lipinski definition) is 1. The molecule has 0 spiro atoms. The monoisotopic (exact) mass is 479 g/mol. The van der Waals surface area contributed by atoms with Crippen LogP contribution in [0.25, 0.3) is 0 Å². The molecular weight excluding hydrogens is 455 g/mol. The van der Waals surface area contributed by atoms with Gasteiger partial charge in [-0.25, -0.2) is 4.79 Å². The lowest BCUT2D eigenvalue weighted by Gasteiger charge is -2.37. The van der Waals surface area contributed by atoms with Gasteiger partial charge in [0.1, 0.15) is 4.99 Å². The van der Waals surface area contributed by atoms with Crippen molar-refractivity contribution >= 4 is 29.1 Å². The van der Waals surface area contributed by atoms with E-state index in [0.717, 1.165) is 18.4 Å². The number of rotatable bonds is 6. The van der Waals surface area contributed by atoms with Crippen molar-refractivity contribution in [1.29, 1.82) is 0 Å². The summed E-state index contributed by atoms with van der Waals surface area (Å²) in [5, 5.41) is 10.8. The molecule has 0 atom stereocenters. The summed E-state index contributed by atoms with van der Waals surface area (Å²) in [6, 6.07) is 8.64. The zero-order valence-electron chi connectivity index (χ0n) is 17.8. The Morgan fingerprint density at radius 1 is 1.09 bits per heavy atom. The van der Waals surface area contributed by atoms with E-state index in [1.165, 1.54) is 25.0 Å². The van der Waals surface area contributed by atoms with Gasteiger partial charge in [0, 0.05) is 44.4 Å². The van der Waals surface area contributed by atoms with Crippen LogP contribution in [0.5, 0.6) is 5.88 Å². The Bertz CT molecular complexity index is 990. The van der Waals surface area contributed by atoms with Gasteiger partial charge in [0.2, 0.25) is 5.88 Å². The predicted molar refractivity (Wildman–Crippen MR) is 120 cm³/mol. The number of amides is 1. The average molecular weight is 480 g/mol. The van der Waals surface area contributed by atoms with Crippen molar-refractivity contribution in [3.63, 3.8) is 0 Å². The molecule has 0 radical (unpaired) electrons. The second-order valence-corrected chi connectivity index (χ2v) is 8.49. The molecule has 2 aromatic rings. The summed E-state index contributed by atoms with van der Waals surface area (Å²) in [5.41, 5.74) is -0.708. The van der Waals surface area contributed by atoms with E-state index in [4.69, 9.17) is 17.0 Å². The third-order valence-corrected chi connectivity index (χ3v) is 6.17. The summed E-state index contributed by atoms with van der Waals surface area (Å²) in [4.78, 5) is 15.7. The first-order valence-corrected chi connectivity index (χ1v) is 11.2. The lowest BCUT2D eigenvalue weighted by molar-refractivity contribution is -0.137. The molecule has 1 aromatic carbocycles. The SMILES string of the molecule is O=C(NCCC1CC1)Oc1ccc(N2CCN(C(=S)c3ccccc3C(F)(F)F)CC2)nn1. The van der Waals surface area contributed by atoms with Crippen molar-refractivity contribution < 1.29 is 22.7 Å². The number of nitrogens with one attached hydrogen (secondary N) is 1. The number of anilines is 1. The van der Waals surface area contributed by atoms with Crippen molar-refractivity contribution in [2.75, 3.05) is 37.6 Å². The van der Waals surface area contributed by atoms with Crippen LogP contribution in [0.4, 0.5) is 23.8 Å². The van der Waals surface area contributed by atoms with Gasteiger partial charge in [-0.15, -0.1) is 10.2 Å². The molecule has 2 fully saturated rings. The predicted octanol–water partition coefficient (Wildman–Crippen LogP) is 3.88. The number of hydrogen-bond acceptors (Lipinski definition) is 6. The molecule has 4 rings (SSSR count). The van der Waals surface area contributed by atoms with E-state index in [1.807, 2.05) is 4.90 Å². The Labute approximate surface area is 194 Å². The van der Waals surface area contributed by atoms with Crippen LogP contribution in [-0.2, 0) is 6.18 Å². The minimum atomic E-state index is -4.46. The minimum absolute atomic E-state index is 0.0187. The molecule has 7 nitrogen and oxygen atoms in total. The molecule has 1 aromatic heterocycles. The van der Waals surface area contributed by atoms with E-state index in [2.05, 4.69) is 15.5 Å². The Morgan fingerprint density at radius 3 is 2.45 bits per heavy atom. The Hall–Kier alpha value is -2.95. The van der Waals surface area contributed by atoms with Crippen molar-refractivity contribution in [3.8, 4) is 5.88 Å². The third kappa shape index (κ3) is 6.10. The number of benzene rings is 1. The van der Waals surface area contributed by atoms with Crippen LogP contribution in [0.3, 0.4) is 0 Å². The maximum absolute atomic E-state index is 13.3. The standard InChI is InChI=1S/C22H24F3N5O2S/c23-22(24,25)17-4-2-1-3-16(17)20(33)30-13-11-29(12-14-30)18-7-8-19(28-27-18)32-21(31)26-10-9-15-5-6-15/h1-4,7-8,15H,5-6,9-14H2,(H,26,31). The highest BCUT2D eigenvalue weighted by molar-refractivity contribution is 7.80. The number of nitrogens with zero attached hydrogens (tertiary/aromatic N) is 4. The van der Waals surface area contributed by atoms with Crippen LogP contribution in [-0.4, -0.2) is 58.9 Å². The second kappa shape index (κ2) is 9.90. The van der Waals surface area contributed by atoms with Crippen LogP contribution >= 0.6 is 12.2 Å². The summed E-state index contributed by atoms with van der Waals surface area (Å²) in [6.45, 7) is 2.52. The van der Waals surface area contributed by atoms with Gasteiger partial charge in [-0.1, -0.05) is 43.3 Å². The van der Waals surface area contributed by atoms with Crippen LogP contribution in [0.15, 0.2) is 36.4 Å². The van der Waals surface area contributed by atoms with Crippen molar-refractivity contribution in [1.82, 2.24) is 20.4 Å². The number of ether oxygens (including phenoxy) is 1. The number of halogens is 3. The highest BCUT2D eigenvalue weighted by atomic mass is 32.1. The first kappa shape index (κ1) is 23.2. The van der Waals surface area contributed by atoms with E-state index in [0.29, 0.717) is 38.5 Å². The quantitative estimate of drug-likeness (QED) is 0.631. The summed E-state index contributed by atoms with van der Waals surface area (Å²) >= 11 is 5.38. The smallest absolute Gasteiger partial charge is 0.390 e. The van der Waals surface area contributed by atoms with E-state index < -0.39 is 17.8 Å². The van der Waals surface area contributed by atoms with Crippen molar-refractivity contribution in [2.45, 2.75) is 25.4 Å². The molecule has 0 bridgehead atoms. The summed E-state index contributed by atoms with van der Waals surface area (Å²) in [5.74, 6) is 1.42. The molecule has 1 saturated heterocycles. The Kier molecular flexibility index (Phi) is 6.96. The minimum Gasteiger partial charge on any atom is -0.390 e. The molecule has 33 heavy (non-hydrogen) atoms. The molecule has 0 unspecified atom stereocenters. The normalized spacial score (nSPS) is 16.5. The molecule has 11 heteroatoms. The largest absolute Gasteiger partial charge is 0.417 e. The summed E-state index contributed by atoms with van der Waals surface area (Å²) < 4.78 is 45.1. The fourth-order valence-electron chi connectivity index (χ4n) is 3.68. The van der Waals surface area contributed by atoms with Gasteiger partial charge in [0.25, 0.3) is 0 Å². The zero-order chi connectivity index (χ0) is 23.4. The number of alkyl halides is 3. The molecule has 176 valence electrons. The van der Waals surface area contributed by atoms with E-state index >= 15 is 0 Å². The summed E-state index contributed by atoms with van der Waals surface area (Å²) in [6.07, 6.45) is -1.61. The first-order chi connectivity index (χ1) is 15.8. The summed E-state index contributed by atoms with van der Waals surface area (Å²) in [7, 11) is 0. The van der Waals surface area contributed by atoms with E-state index in [-0.39, 0.29) is 16.4 Å². The number of aromatic nitrogens is 2. The van der Waals surface area contributed by atoms with Gasteiger partial charge in [-0.2, -0.15) is 13.2 Å². The van der Waals surface area contributed by atoms with Crippen LogP contribution in [0, 0.1) is 5.92 Å². The van der Waals surface area contributed by atoms with Gasteiger partial charge >= 0.3 is 12.3 Å². The number of piperazine rings is 1. The molecular formula is C22H24F3N5O2S. The molecule has 2 heterocycles. The third-order valence-electron chi connectivity index (χ3n) is 5.70. The Morgan fingerprint density at radius 2 is 1.82 bits per heavy atom. The van der Waals surface area contributed by atoms with Crippen LogP contribution in [0.2, 0.25) is 0 Å². The molecule has 1 aliphatic heterocycles.